The predicted octanol–water partition coefficient (Wildman–Crippen LogP) is 5.11. The van der Waals surface area contributed by atoms with Gasteiger partial charge in [-0.15, -0.1) is 0 Å². The molecule has 2 N–H and O–H groups in total. The van der Waals surface area contributed by atoms with Gasteiger partial charge in [0.25, 0.3) is 0 Å². The molecule has 1 heterocycles. The van der Waals surface area contributed by atoms with Crippen LogP contribution in [0.4, 0.5) is 8.78 Å². The highest BCUT2D eigenvalue weighted by molar-refractivity contribution is 6.30. The number of aromatic nitrogens is 2. The molecule has 1 aliphatic rings. The van der Waals surface area contributed by atoms with E-state index in [0.29, 0.717) is 21.8 Å². The SMILES string of the molecule is NC(=O)C(c1c2cc(F)c(F)cc2nn1-c1ccc(Cl)cc1)C1CCCCC1. The van der Waals surface area contributed by atoms with Crippen LogP contribution in [0.25, 0.3) is 16.6 Å². The maximum absolute atomic E-state index is 14.1. The fourth-order valence-corrected chi connectivity index (χ4v) is 4.36. The van der Waals surface area contributed by atoms with Crippen molar-refractivity contribution in [3.63, 3.8) is 0 Å². The summed E-state index contributed by atoms with van der Waals surface area (Å²) in [6, 6.07) is 9.08. The maximum Gasteiger partial charge on any atom is 0.226 e. The van der Waals surface area contributed by atoms with Gasteiger partial charge in [-0.2, -0.15) is 5.10 Å². The highest BCUT2D eigenvalue weighted by Crippen LogP contribution is 2.40. The van der Waals surface area contributed by atoms with Crippen LogP contribution in [0.5, 0.6) is 0 Å². The third kappa shape index (κ3) is 3.37. The summed E-state index contributed by atoms with van der Waals surface area (Å²) in [7, 11) is 0. The average molecular weight is 404 g/mol. The van der Waals surface area contributed by atoms with Gasteiger partial charge in [-0.3, -0.25) is 4.79 Å². The van der Waals surface area contributed by atoms with Crippen molar-refractivity contribution < 1.29 is 13.6 Å². The molecule has 1 fully saturated rings. The molecule has 1 aromatic heterocycles. The number of nitrogens with zero attached hydrogens (tertiary/aromatic N) is 2. The Morgan fingerprint density at radius 1 is 1.11 bits per heavy atom. The van der Waals surface area contributed by atoms with Gasteiger partial charge in [0.05, 0.1) is 22.8 Å². The summed E-state index contributed by atoms with van der Waals surface area (Å²) >= 11 is 5.99. The van der Waals surface area contributed by atoms with E-state index in [1.54, 1.807) is 28.9 Å². The second-order valence-electron chi connectivity index (χ2n) is 7.34. The van der Waals surface area contributed by atoms with Crippen LogP contribution < -0.4 is 5.73 Å². The summed E-state index contributed by atoms with van der Waals surface area (Å²) in [6.45, 7) is 0. The highest BCUT2D eigenvalue weighted by atomic mass is 35.5. The molecule has 1 aliphatic carbocycles. The molecule has 4 nitrogen and oxygen atoms in total. The largest absolute Gasteiger partial charge is 0.369 e. The van der Waals surface area contributed by atoms with Gasteiger partial charge in [0.1, 0.15) is 0 Å². The summed E-state index contributed by atoms with van der Waals surface area (Å²) in [6.07, 6.45) is 4.89. The van der Waals surface area contributed by atoms with E-state index >= 15 is 0 Å². The molecule has 2 aromatic carbocycles. The first-order valence-corrected chi connectivity index (χ1v) is 9.76. The number of carbonyl (C=O) groups is 1. The lowest BCUT2D eigenvalue weighted by Crippen LogP contribution is -2.31. The Hall–Kier alpha value is -2.47. The fourth-order valence-electron chi connectivity index (χ4n) is 4.24. The number of fused-ring (bicyclic) bond motifs is 1. The molecule has 0 spiro atoms. The molecule has 0 bridgehead atoms. The molecule has 146 valence electrons. The second-order valence-corrected chi connectivity index (χ2v) is 7.77. The zero-order valence-electron chi connectivity index (χ0n) is 15.2. The summed E-state index contributed by atoms with van der Waals surface area (Å²) in [4.78, 5) is 12.5. The van der Waals surface area contributed by atoms with Crippen molar-refractivity contribution in [1.82, 2.24) is 9.78 Å². The van der Waals surface area contributed by atoms with Crippen molar-refractivity contribution in [1.29, 1.82) is 0 Å². The van der Waals surface area contributed by atoms with Gasteiger partial charge >= 0.3 is 0 Å². The van der Waals surface area contributed by atoms with Crippen LogP contribution in [0.15, 0.2) is 36.4 Å². The van der Waals surface area contributed by atoms with Crippen LogP contribution in [-0.2, 0) is 4.79 Å². The van der Waals surface area contributed by atoms with Gasteiger partial charge in [-0.05, 0) is 49.1 Å². The molecule has 0 saturated heterocycles. The Kier molecular flexibility index (Phi) is 5.06. The summed E-state index contributed by atoms with van der Waals surface area (Å²) < 4.78 is 29.5. The zero-order chi connectivity index (χ0) is 19.8. The number of hydrogen-bond donors (Lipinski definition) is 1. The molecule has 0 aliphatic heterocycles. The van der Waals surface area contributed by atoms with Gasteiger partial charge in [0.15, 0.2) is 11.6 Å². The van der Waals surface area contributed by atoms with Crippen LogP contribution in [-0.4, -0.2) is 15.7 Å². The molecule has 1 atom stereocenters. The minimum atomic E-state index is -0.979. The molecule has 28 heavy (non-hydrogen) atoms. The molecule has 1 unspecified atom stereocenters. The van der Waals surface area contributed by atoms with Crippen LogP contribution in [0.1, 0.15) is 43.7 Å². The van der Waals surface area contributed by atoms with Crippen LogP contribution in [0.3, 0.4) is 0 Å². The van der Waals surface area contributed by atoms with E-state index in [2.05, 4.69) is 5.10 Å². The van der Waals surface area contributed by atoms with E-state index in [4.69, 9.17) is 17.3 Å². The smallest absolute Gasteiger partial charge is 0.226 e. The normalized spacial score (nSPS) is 16.4. The van der Waals surface area contributed by atoms with E-state index < -0.39 is 23.5 Å². The number of primary amides is 1. The van der Waals surface area contributed by atoms with Crippen molar-refractivity contribution in [3.8, 4) is 5.69 Å². The fraction of sp³-hybridized carbons (Fsp3) is 0.333. The Bertz CT molecular complexity index is 1030. The Balaban J connectivity index is 1.97. The summed E-state index contributed by atoms with van der Waals surface area (Å²) in [5, 5.41) is 5.43. The third-order valence-electron chi connectivity index (χ3n) is 5.54. The lowest BCUT2D eigenvalue weighted by atomic mass is 9.77. The minimum Gasteiger partial charge on any atom is -0.369 e. The number of amides is 1. The first-order valence-electron chi connectivity index (χ1n) is 9.38. The lowest BCUT2D eigenvalue weighted by Gasteiger charge is -2.29. The number of rotatable bonds is 4. The van der Waals surface area contributed by atoms with Crippen molar-refractivity contribution in [2.45, 2.75) is 38.0 Å². The van der Waals surface area contributed by atoms with Gasteiger partial charge in [-0.25, -0.2) is 13.5 Å². The van der Waals surface area contributed by atoms with E-state index in [-0.39, 0.29) is 11.4 Å². The van der Waals surface area contributed by atoms with Gasteiger partial charge < -0.3 is 5.73 Å². The lowest BCUT2D eigenvalue weighted by molar-refractivity contribution is -0.121. The number of halogens is 3. The number of nitrogens with two attached hydrogens (primary N) is 1. The van der Waals surface area contributed by atoms with Gasteiger partial charge in [0, 0.05) is 16.5 Å². The number of benzene rings is 2. The Morgan fingerprint density at radius 2 is 1.75 bits per heavy atom. The van der Waals surface area contributed by atoms with E-state index in [1.807, 2.05) is 0 Å². The Morgan fingerprint density at radius 3 is 2.39 bits per heavy atom. The number of carbonyl (C=O) groups excluding carboxylic acids is 1. The molecule has 1 saturated carbocycles. The maximum atomic E-state index is 14.1. The van der Waals surface area contributed by atoms with Gasteiger partial charge in [0.2, 0.25) is 5.91 Å². The van der Waals surface area contributed by atoms with Crippen molar-refractivity contribution in [3.05, 3.63) is 58.7 Å². The first-order chi connectivity index (χ1) is 13.5. The molecular weight excluding hydrogens is 384 g/mol. The van der Waals surface area contributed by atoms with Crippen LogP contribution in [0.2, 0.25) is 5.02 Å². The average Bonchev–Trinajstić information content (AvgIpc) is 3.02. The van der Waals surface area contributed by atoms with E-state index in [0.717, 1.165) is 44.2 Å². The van der Waals surface area contributed by atoms with E-state index in [1.165, 1.54) is 0 Å². The molecule has 1 amide bonds. The first kappa shape index (κ1) is 18.9. The molecule has 7 heteroatoms. The molecule has 0 radical (unpaired) electrons. The summed E-state index contributed by atoms with van der Waals surface area (Å²) in [5.41, 5.74) is 7.26. The molecule has 3 aromatic rings. The molecule has 4 rings (SSSR count). The number of hydrogen-bond acceptors (Lipinski definition) is 2. The van der Waals surface area contributed by atoms with Gasteiger partial charge in [-0.1, -0.05) is 30.9 Å². The van der Waals surface area contributed by atoms with Crippen molar-refractivity contribution >= 4 is 28.4 Å². The standard InChI is InChI=1S/C21H20ClF2N3O/c22-13-6-8-14(9-7-13)27-20(15-10-16(23)17(24)11-18(15)26-27)19(21(25)28)12-4-2-1-3-5-12/h6-12,19H,1-5H2,(H2,25,28). The minimum absolute atomic E-state index is 0.0466. The van der Waals surface area contributed by atoms with E-state index in [9.17, 15) is 13.6 Å². The monoisotopic (exact) mass is 403 g/mol. The molecular formula is C21H20ClF2N3O. The van der Waals surface area contributed by atoms with Crippen molar-refractivity contribution in [2.75, 3.05) is 0 Å². The Labute approximate surface area is 166 Å². The quantitative estimate of drug-likeness (QED) is 0.658. The second kappa shape index (κ2) is 7.51. The zero-order valence-corrected chi connectivity index (χ0v) is 15.9. The van der Waals surface area contributed by atoms with Crippen LogP contribution in [0, 0.1) is 17.6 Å². The summed E-state index contributed by atoms with van der Waals surface area (Å²) in [5.74, 6) is -3.02. The van der Waals surface area contributed by atoms with Crippen LogP contribution >= 0.6 is 11.6 Å². The van der Waals surface area contributed by atoms with Crippen molar-refractivity contribution in [2.24, 2.45) is 11.7 Å². The third-order valence-corrected chi connectivity index (χ3v) is 5.80. The predicted molar refractivity (Wildman–Crippen MR) is 105 cm³/mol. The topological polar surface area (TPSA) is 60.9 Å². The highest BCUT2D eigenvalue weighted by Gasteiger charge is 2.34.